The fourth-order valence-corrected chi connectivity index (χ4v) is 2.88. The summed E-state index contributed by atoms with van der Waals surface area (Å²) in [5, 5.41) is 0. The number of Topliss-reactive ketones (excluding diaryl/α,β-unsaturated/α-hetero) is 1. The van der Waals surface area contributed by atoms with E-state index in [1.54, 1.807) is 6.92 Å². The molecule has 1 aliphatic rings. The molecule has 0 unspecified atom stereocenters. The van der Waals surface area contributed by atoms with Gasteiger partial charge in [0.15, 0.2) is 5.78 Å². The van der Waals surface area contributed by atoms with Gasteiger partial charge in [0.25, 0.3) is 0 Å². The molecule has 0 saturated carbocycles. The molecule has 0 radical (unpaired) electrons. The molecular formula is C15H20O. The number of rotatable bonds is 1. The van der Waals surface area contributed by atoms with Gasteiger partial charge in [-0.2, -0.15) is 0 Å². The Morgan fingerprint density at radius 1 is 1.31 bits per heavy atom. The summed E-state index contributed by atoms with van der Waals surface area (Å²) >= 11 is 0. The molecule has 0 fully saturated rings. The van der Waals surface area contributed by atoms with E-state index >= 15 is 0 Å². The van der Waals surface area contributed by atoms with Gasteiger partial charge in [0.2, 0.25) is 0 Å². The Hall–Kier alpha value is -1.11. The molecule has 1 aliphatic carbocycles. The molecule has 1 heteroatoms. The number of aryl methyl sites for hydroxylation is 1. The van der Waals surface area contributed by atoms with Crippen LogP contribution in [0, 0.1) is 13.8 Å². The molecule has 0 N–H and O–H groups in total. The van der Waals surface area contributed by atoms with Gasteiger partial charge < -0.3 is 0 Å². The molecule has 0 aromatic heterocycles. The number of fused-ring (bicyclic) bond motifs is 1. The number of hydrogen-bond acceptors (Lipinski definition) is 1. The maximum atomic E-state index is 11.8. The first-order valence-electron chi connectivity index (χ1n) is 5.99. The van der Waals surface area contributed by atoms with Gasteiger partial charge in [-0.3, -0.25) is 4.79 Å². The van der Waals surface area contributed by atoms with Crippen LogP contribution in [0.4, 0.5) is 0 Å². The molecule has 0 heterocycles. The normalized spacial score (nSPS) is 17.3. The predicted molar refractivity (Wildman–Crippen MR) is 67.3 cm³/mol. The number of ketones is 1. The van der Waals surface area contributed by atoms with E-state index in [0.29, 0.717) is 0 Å². The van der Waals surface area contributed by atoms with Crippen molar-refractivity contribution in [2.75, 3.05) is 0 Å². The first-order valence-corrected chi connectivity index (χ1v) is 5.99. The second kappa shape index (κ2) is 3.44. The topological polar surface area (TPSA) is 17.1 Å². The molecule has 0 amide bonds. The zero-order valence-electron chi connectivity index (χ0n) is 10.9. The van der Waals surface area contributed by atoms with Crippen LogP contribution in [0.5, 0.6) is 0 Å². The van der Waals surface area contributed by atoms with Crippen LogP contribution in [0.1, 0.15) is 59.8 Å². The van der Waals surface area contributed by atoms with Gasteiger partial charge in [-0.25, -0.2) is 0 Å². The van der Waals surface area contributed by atoms with Crippen molar-refractivity contribution in [3.8, 4) is 0 Å². The number of carbonyl (C=O) groups is 1. The molecule has 0 aliphatic heterocycles. The van der Waals surface area contributed by atoms with E-state index in [2.05, 4.69) is 33.8 Å². The lowest BCUT2D eigenvalue weighted by molar-refractivity contribution is 0.101. The lowest BCUT2D eigenvalue weighted by Gasteiger charge is -2.21. The number of hydrogen-bond donors (Lipinski definition) is 0. The highest BCUT2D eigenvalue weighted by molar-refractivity contribution is 5.98. The summed E-state index contributed by atoms with van der Waals surface area (Å²) in [5.74, 6) is 0.218. The van der Waals surface area contributed by atoms with Crippen LogP contribution < -0.4 is 0 Å². The Labute approximate surface area is 97.9 Å². The van der Waals surface area contributed by atoms with Crippen LogP contribution in [0.3, 0.4) is 0 Å². The van der Waals surface area contributed by atoms with Crippen molar-refractivity contribution in [3.05, 3.63) is 33.9 Å². The molecule has 1 nitrogen and oxygen atoms in total. The molecule has 0 spiro atoms. The van der Waals surface area contributed by atoms with Gasteiger partial charge in [-0.05, 0) is 61.3 Å². The van der Waals surface area contributed by atoms with Gasteiger partial charge in [-0.1, -0.05) is 19.9 Å². The Balaban J connectivity index is 2.77. The lowest BCUT2D eigenvalue weighted by atomic mass is 9.83. The fourth-order valence-electron chi connectivity index (χ4n) is 2.88. The molecule has 16 heavy (non-hydrogen) atoms. The van der Waals surface area contributed by atoms with Crippen LogP contribution in [-0.2, 0) is 11.8 Å². The van der Waals surface area contributed by atoms with Gasteiger partial charge in [0, 0.05) is 5.56 Å². The highest BCUT2D eigenvalue weighted by atomic mass is 16.1. The minimum atomic E-state index is 0.218. The summed E-state index contributed by atoms with van der Waals surface area (Å²) < 4.78 is 0. The van der Waals surface area contributed by atoms with Crippen molar-refractivity contribution in [3.63, 3.8) is 0 Å². The van der Waals surface area contributed by atoms with Crippen molar-refractivity contribution < 1.29 is 4.79 Å². The molecule has 1 aromatic rings. The van der Waals surface area contributed by atoms with Gasteiger partial charge >= 0.3 is 0 Å². The van der Waals surface area contributed by atoms with Crippen LogP contribution >= 0.6 is 0 Å². The monoisotopic (exact) mass is 216 g/mol. The second-order valence-corrected chi connectivity index (χ2v) is 5.66. The van der Waals surface area contributed by atoms with E-state index in [0.717, 1.165) is 18.4 Å². The molecule has 0 saturated heterocycles. The highest BCUT2D eigenvalue weighted by Gasteiger charge is 2.33. The third-order valence-corrected chi connectivity index (χ3v) is 4.04. The van der Waals surface area contributed by atoms with Crippen LogP contribution in [0.25, 0.3) is 0 Å². The van der Waals surface area contributed by atoms with Gasteiger partial charge in [-0.15, -0.1) is 0 Å². The van der Waals surface area contributed by atoms with Crippen molar-refractivity contribution in [1.29, 1.82) is 0 Å². The zero-order chi connectivity index (χ0) is 12.1. The van der Waals surface area contributed by atoms with E-state index in [1.807, 2.05) is 0 Å². The minimum absolute atomic E-state index is 0.218. The largest absolute Gasteiger partial charge is 0.294 e. The maximum Gasteiger partial charge on any atom is 0.160 e. The number of carbonyl (C=O) groups excluding carboxylic acids is 1. The quantitative estimate of drug-likeness (QED) is 0.654. The standard InChI is InChI=1S/C15H20O/c1-9-8-13-12(6-7-15(13,4)5)14(10(9)2)11(3)16/h8H,6-7H2,1-5H3. The van der Waals surface area contributed by atoms with Crippen LogP contribution in [0.2, 0.25) is 0 Å². The van der Waals surface area contributed by atoms with E-state index in [4.69, 9.17) is 0 Å². The smallest absolute Gasteiger partial charge is 0.160 e. The molecule has 1 aromatic carbocycles. The summed E-state index contributed by atoms with van der Waals surface area (Å²) in [4.78, 5) is 11.8. The van der Waals surface area contributed by atoms with Crippen LogP contribution in [-0.4, -0.2) is 5.78 Å². The van der Waals surface area contributed by atoms with Crippen molar-refractivity contribution in [2.24, 2.45) is 0 Å². The van der Waals surface area contributed by atoms with Crippen molar-refractivity contribution in [1.82, 2.24) is 0 Å². The summed E-state index contributed by atoms with van der Waals surface area (Å²) in [6.07, 6.45) is 2.21. The summed E-state index contributed by atoms with van der Waals surface area (Å²) in [7, 11) is 0. The first kappa shape index (κ1) is 11.4. The van der Waals surface area contributed by atoms with Crippen LogP contribution in [0.15, 0.2) is 6.07 Å². The van der Waals surface area contributed by atoms with Crippen molar-refractivity contribution in [2.45, 2.75) is 52.9 Å². The van der Waals surface area contributed by atoms with E-state index in [9.17, 15) is 4.79 Å². The number of benzene rings is 1. The Morgan fingerprint density at radius 3 is 2.50 bits per heavy atom. The summed E-state index contributed by atoms with van der Waals surface area (Å²) in [6, 6.07) is 2.28. The molecule has 0 atom stereocenters. The first-order chi connectivity index (χ1) is 7.34. The van der Waals surface area contributed by atoms with E-state index in [1.165, 1.54) is 22.3 Å². The molecular weight excluding hydrogens is 196 g/mol. The minimum Gasteiger partial charge on any atom is -0.294 e. The Kier molecular flexibility index (Phi) is 2.45. The average molecular weight is 216 g/mol. The highest BCUT2D eigenvalue weighted by Crippen LogP contribution is 2.41. The predicted octanol–water partition coefficient (Wildman–Crippen LogP) is 3.73. The van der Waals surface area contributed by atoms with E-state index < -0.39 is 0 Å². The van der Waals surface area contributed by atoms with Gasteiger partial charge in [0.05, 0.1) is 0 Å². The third kappa shape index (κ3) is 1.50. The van der Waals surface area contributed by atoms with Gasteiger partial charge in [0.1, 0.15) is 0 Å². The Morgan fingerprint density at radius 2 is 1.94 bits per heavy atom. The molecule has 2 rings (SSSR count). The average Bonchev–Trinajstić information content (AvgIpc) is 2.44. The third-order valence-electron chi connectivity index (χ3n) is 4.04. The molecule has 86 valence electrons. The van der Waals surface area contributed by atoms with Crippen molar-refractivity contribution >= 4 is 5.78 Å². The summed E-state index contributed by atoms with van der Waals surface area (Å²) in [5.41, 5.74) is 6.34. The maximum absolute atomic E-state index is 11.8. The molecule has 0 bridgehead atoms. The SMILES string of the molecule is CC(=O)c1c(C)c(C)cc2c1CCC2(C)C. The zero-order valence-corrected chi connectivity index (χ0v) is 10.9. The second-order valence-electron chi connectivity index (χ2n) is 5.66. The Bertz CT molecular complexity index is 467. The summed E-state index contributed by atoms with van der Waals surface area (Å²) in [6.45, 7) is 10.4. The van der Waals surface area contributed by atoms with E-state index in [-0.39, 0.29) is 11.2 Å². The lowest BCUT2D eigenvalue weighted by Crippen LogP contribution is -2.13. The fraction of sp³-hybridized carbons (Fsp3) is 0.533.